The van der Waals surface area contributed by atoms with Crippen LogP contribution < -0.4 is 0 Å². The summed E-state index contributed by atoms with van der Waals surface area (Å²) in [5, 5.41) is 1.41. The van der Waals surface area contributed by atoms with Crippen molar-refractivity contribution in [2.75, 3.05) is 6.54 Å². The van der Waals surface area contributed by atoms with E-state index in [2.05, 4.69) is 53.2 Å². The van der Waals surface area contributed by atoms with Gasteiger partial charge >= 0.3 is 0 Å². The fourth-order valence-electron chi connectivity index (χ4n) is 3.17. The van der Waals surface area contributed by atoms with Gasteiger partial charge in [0.2, 0.25) is 0 Å². The van der Waals surface area contributed by atoms with Crippen molar-refractivity contribution in [1.82, 2.24) is 9.88 Å². The molecule has 0 atom stereocenters. The second kappa shape index (κ2) is 4.76. The molecule has 0 saturated carbocycles. The molecule has 0 saturated heterocycles. The van der Waals surface area contributed by atoms with Crippen LogP contribution in [0.4, 0.5) is 0 Å². The second-order valence-corrected chi connectivity index (χ2v) is 6.97. The number of aryl methyl sites for hydroxylation is 1. The molecule has 0 unspecified atom stereocenters. The van der Waals surface area contributed by atoms with Crippen molar-refractivity contribution in [1.29, 1.82) is 0 Å². The van der Waals surface area contributed by atoms with Gasteiger partial charge in [-0.2, -0.15) is 0 Å². The Morgan fingerprint density at radius 3 is 2.95 bits per heavy atom. The van der Waals surface area contributed by atoms with Gasteiger partial charge in [0.05, 0.1) is 0 Å². The minimum Gasteiger partial charge on any atom is -0.357 e. The van der Waals surface area contributed by atoms with E-state index in [0.717, 1.165) is 26.1 Å². The lowest BCUT2D eigenvalue weighted by atomic mass is 10.0. The van der Waals surface area contributed by atoms with Crippen LogP contribution in [0.25, 0.3) is 10.9 Å². The van der Waals surface area contributed by atoms with Gasteiger partial charge in [0.1, 0.15) is 0 Å². The van der Waals surface area contributed by atoms with Crippen molar-refractivity contribution in [2.24, 2.45) is 0 Å². The van der Waals surface area contributed by atoms with E-state index in [1.807, 2.05) is 11.3 Å². The van der Waals surface area contributed by atoms with E-state index in [-0.39, 0.29) is 0 Å². The molecule has 2 aromatic heterocycles. The third-order valence-electron chi connectivity index (χ3n) is 4.14. The smallest absolute Gasteiger partial charge is 0.0459 e. The minimum absolute atomic E-state index is 1.04. The molecule has 1 aromatic carbocycles. The Morgan fingerprint density at radius 2 is 2.10 bits per heavy atom. The Bertz CT molecular complexity index is 753. The van der Waals surface area contributed by atoms with Crippen LogP contribution in [0.5, 0.6) is 0 Å². The molecular weight excluding hydrogens is 264 g/mol. The Labute approximate surface area is 123 Å². The molecule has 4 rings (SSSR count). The second-order valence-electron chi connectivity index (χ2n) is 5.60. The van der Waals surface area contributed by atoms with Crippen LogP contribution in [-0.4, -0.2) is 16.4 Å². The molecule has 0 aliphatic carbocycles. The van der Waals surface area contributed by atoms with Crippen molar-refractivity contribution in [3.8, 4) is 0 Å². The fourth-order valence-corrected chi connectivity index (χ4v) is 4.11. The van der Waals surface area contributed by atoms with E-state index in [4.69, 9.17) is 0 Å². The van der Waals surface area contributed by atoms with Crippen LogP contribution in [0.2, 0.25) is 0 Å². The van der Waals surface area contributed by atoms with E-state index in [0.29, 0.717) is 0 Å². The Kier molecular flexibility index (Phi) is 2.90. The molecule has 1 aliphatic heterocycles. The fraction of sp³-hybridized carbons (Fsp3) is 0.294. The number of aromatic amines is 1. The topological polar surface area (TPSA) is 19.0 Å². The Balaban J connectivity index is 1.60. The first-order valence-electron chi connectivity index (χ1n) is 7.16. The molecule has 0 radical (unpaired) electrons. The molecule has 2 nitrogen and oxygen atoms in total. The molecule has 102 valence electrons. The average Bonchev–Trinajstić information content (AvgIpc) is 3.01. The van der Waals surface area contributed by atoms with Gasteiger partial charge in [0, 0.05) is 46.0 Å². The maximum atomic E-state index is 3.60. The minimum atomic E-state index is 1.04. The van der Waals surface area contributed by atoms with Gasteiger partial charge in [0.25, 0.3) is 0 Å². The summed E-state index contributed by atoms with van der Waals surface area (Å²) in [7, 11) is 0. The molecule has 0 amide bonds. The van der Waals surface area contributed by atoms with Gasteiger partial charge in [-0.3, -0.25) is 4.90 Å². The number of benzene rings is 1. The molecule has 1 N–H and O–H groups in total. The first-order valence-corrected chi connectivity index (χ1v) is 7.97. The number of thiophene rings is 1. The summed E-state index contributed by atoms with van der Waals surface area (Å²) in [6.07, 6.45) is 1.16. The van der Waals surface area contributed by atoms with Gasteiger partial charge in [-0.05, 0) is 37.1 Å². The molecular formula is C17H18N2S. The van der Waals surface area contributed by atoms with Gasteiger partial charge in [-0.15, -0.1) is 11.3 Å². The highest BCUT2D eigenvalue weighted by molar-refractivity contribution is 7.11. The molecule has 0 fully saturated rings. The van der Waals surface area contributed by atoms with E-state index in [1.54, 1.807) is 0 Å². The van der Waals surface area contributed by atoms with Gasteiger partial charge < -0.3 is 4.98 Å². The standard InChI is InChI=1S/C17H18N2S/c1-12-6-7-13(20-12)10-19-9-8-15-14-4-2-3-5-16(14)18-17(15)11-19/h2-7,18H,8-11H2,1H3. The molecule has 0 bridgehead atoms. The van der Waals surface area contributed by atoms with Crippen LogP contribution >= 0.6 is 11.3 Å². The van der Waals surface area contributed by atoms with E-state index in [1.165, 1.54) is 31.9 Å². The summed E-state index contributed by atoms with van der Waals surface area (Å²) in [4.78, 5) is 9.02. The zero-order valence-electron chi connectivity index (χ0n) is 11.6. The van der Waals surface area contributed by atoms with Crippen molar-refractivity contribution >= 4 is 22.2 Å². The number of nitrogens with one attached hydrogen (secondary N) is 1. The van der Waals surface area contributed by atoms with Crippen molar-refractivity contribution < 1.29 is 0 Å². The summed E-state index contributed by atoms with van der Waals surface area (Å²) in [6.45, 7) is 5.46. The molecule has 0 spiro atoms. The van der Waals surface area contributed by atoms with Crippen molar-refractivity contribution in [3.05, 3.63) is 57.4 Å². The molecule has 1 aliphatic rings. The quantitative estimate of drug-likeness (QED) is 0.750. The third-order valence-corrected chi connectivity index (χ3v) is 5.12. The summed E-state index contributed by atoms with van der Waals surface area (Å²) in [5.41, 5.74) is 4.22. The van der Waals surface area contributed by atoms with Crippen molar-refractivity contribution in [3.63, 3.8) is 0 Å². The molecule has 3 heteroatoms. The maximum Gasteiger partial charge on any atom is 0.0459 e. The number of nitrogens with zero attached hydrogens (tertiary/aromatic N) is 1. The summed E-state index contributed by atoms with van der Waals surface area (Å²) in [6, 6.07) is 13.1. The zero-order valence-corrected chi connectivity index (χ0v) is 12.5. The maximum absolute atomic E-state index is 3.60. The van der Waals surface area contributed by atoms with Crippen LogP contribution in [0.15, 0.2) is 36.4 Å². The summed E-state index contributed by atoms with van der Waals surface area (Å²) < 4.78 is 0. The van der Waals surface area contributed by atoms with Gasteiger partial charge in [-0.25, -0.2) is 0 Å². The lowest BCUT2D eigenvalue weighted by molar-refractivity contribution is 0.245. The van der Waals surface area contributed by atoms with Gasteiger partial charge in [-0.1, -0.05) is 18.2 Å². The zero-order chi connectivity index (χ0) is 13.5. The monoisotopic (exact) mass is 282 g/mol. The lowest BCUT2D eigenvalue weighted by Crippen LogP contribution is -2.29. The van der Waals surface area contributed by atoms with Crippen LogP contribution in [-0.2, 0) is 19.5 Å². The third kappa shape index (κ3) is 2.07. The Hall–Kier alpha value is -1.58. The number of para-hydroxylation sites is 1. The van der Waals surface area contributed by atoms with E-state index >= 15 is 0 Å². The van der Waals surface area contributed by atoms with Crippen LogP contribution in [0.1, 0.15) is 21.0 Å². The molecule has 3 heterocycles. The number of H-pyrrole nitrogens is 1. The SMILES string of the molecule is Cc1ccc(CN2CCc3c([nH]c4ccccc34)C2)s1. The van der Waals surface area contributed by atoms with Crippen LogP contribution in [0.3, 0.4) is 0 Å². The number of fused-ring (bicyclic) bond motifs is 3. The largest absolute Gasteiger partial charge is 0.357 e. The number of hydrogen-bond donors (Lipinski definition) is 1. The molecule has 20 heavy (non-hydrogen) atoms. The highest BCUT2D eigenvalue weighted by Gasteiger charge is 2.20. The highest BCUT2D eigenvalue weighted by atomic mass is 32.1. The first-order chi connectivity index (χ1) is 9.79. The highest BCUT2D eigenvalue weighted by Crippen LogP contribution is 2.28. The predicted octanol–water partition coefficient (Wildman–Crippen LogP) is 4.10. The summed E-state index contributed by atoms with van der Waals surface area (Å²) >= 11 is 1.92. The normalized spacial score (nSPS) is 15.7. The van der Waals surface area contributed by atoms with Crippen LogP contribution in [0, 0.1) is 6.92 Å². The first kappa shape index (κ1) is 12.2. The number of rotatable bonds is 2. The Morgan fingerprint density at radius 1 is 1.20 bits per heavy atom. The lowest BCUT2D eigenvalue weighted by Gasteiger charge is -2.26. The van der Waals surface area contributed by atoms with E-state index in [9.17, 15) is 0 Å². The average molecular weight is 282 g/mol. The number of hydrogen-bond acceptors (Lipinski definition) is 2. The van der Waals surface area contributed by atoms with Crippen molar-refractivity contribution in [2.45, 2.75) is 26.4 Å². The molecule has 3 aromatic rings. The van der Waals surface area contributed by atoms with E-state index < -0.39 is 0 Å². The summed E-state index contributed by atoms with van der Waals surface area (Å²) in [5.74, 6) is 0. The predicted molar refractivity (Wildman–Crippen MR) is 85.2 cm³/mol. The van der Waals surface area contributed by atoms with Gasteiger partial charge in [0.15, 0.2) is 0 Å². The number of aromatic nitrogens is 1.